The van der Waals surface area contributed by atoms with E-state index in [9.17, 15) is 9.18 Å². The minimum atomic E-state index is -0.683. The van der Waals surface area contributed by atoms with Gasteiger partial charge in [-0.15, -0.1) is 0 Å². The van der Waals surface area contributed by atoms with Crippen molar-refractivity contribution in [3.63, 3.8) is 0 Å². The Hall–Kier alpha value is -2.65. The molecule has 1 heterocycles. The van der Waals surface area contributed by atoms with Gasteiger partial charge in [-0.25, -0.2) is 4.39 Å². The molecule has 1 aromatic heterocycles. The van der Waals surface area contributed by atoms with E-state index >= 15 is 0 Å². The first-order valence-electron chi connectivity index (χ1n) is 5.73. The molecule has 20 heavy (non-hydrogen) atoms. The normalized spacial score (nSPS) is 9.75. The van der Waals surface area contributed by atoms with Crippen molar-refractivity contribution in [1.29, 1.82) is 0 Å². The lowest BCUT2D eigenvalue weighted by atomic mass is 10.1. The summed E-state index contributed by atoms with van der Waals surface area (Å²) < 4.78 is 18.6. The summed E-state index contributed by atoms with van der Waals surface area (Å²) >= 11 is 0. The van der Waals surface area contributed by atoms with E-state index in [4.69, 9.17) is 9.52 Å². The zero-order chi connectivity index (χ0) is 14.5. The van der Waals surface area contributed by atoms with Crippen LogP contribution in [-0.4, -0.2) is 22.6 Å². The van der Waals surface area contributed by atoms with Gasteiger partial charge in [0.2, 0.25) is 0 Å². The van der Waals surface area contributed by atoms with Gasteiger partial charge in [-0.1, -0.05) is 11.8 Å². The summed E-state index contributed by atoms with van der Waals surface area (Å²) in [5.74, 6) is 3.66. The zero-order valence-electron chi connectivity index (χ0n) is 10.6. The SMILES string of the molecule is Cc1coc(NC(=O)c2cc(C#CCO)ccc2F)n1. The number of rotatable bonds is 2. The number of halogens is 1. The fourth-order valence-corrected chi connectivity index (χ4v) is 1.49. The first-order chi connectivity index (χ1) is 9.60. The standard InChI is InChI=1S/C14H11FN2O3/c1-9-8-20-14(16-9)17-13(19)11-7-10(3-2-6-18)4-5-12(11)15/h4-5,7-8,18H,6H2,1H3,(H,16,17,19). The molecular weight excluding hydrogens is 263 g/mol. The molecule has 2 N–H and O–H groups in total. The van der Waals surface area contributed by atoms with Crippen molar-refractivity contribution in [3.8, 4) is 11.8 Å². The Balaban J connectivity index is 2.24. The maximum Gasteiger partial charge on any atom is 0.301 e. The van der Waals surface area contributed by atoms with Crippen LogP contribution >= 0.6 is 0 Å². The number of nitrogens with zero attached hydrogens (tertiary/aromatic N) is 1. The smallest absolute Gasteiger partial charge is 0.301 e. The molecule has 0 saturated carbocycles. The molecule has 2 aromatic rings. The van der Waals surface area contributed by atoms with Gasteiger partial charge in [-0.05, 0) is 25.1 Å². The predicted octanol–water partition coefficient (Wildman–Crippen LogP) is 1.72. The fourth-order valence-electron chi connectivity index (χ4n) is 1.49. The third-order valence-electron chi connectivity index (χ3n) is 2.36. The highest BCUT2D eigenvalue weighted by atomic mass is 19.1. The third kappa shape index (κ3) is 3.22. The number of carbonyl (C=O) groups excluding carboxylic acids is 1. The molecule has 102 valence electrons. The average molecular weight is 274 g/mol. The van der Waals surface area contributed by atoms with Crippen molar-refractivity contribution in [2.24, 2.45) is 0 Å². The van der Waals surface area contributed by atoms with Gasteiger partial charge >= 0.3 is 6.01 Å². The Morgan fingerprint density at radius 3 is 3.00 bits per heavy atom. The van der Waals surface area contributed by atoms with Crippen molar-refractivity contribution in [1.82, 2.24) is 4.98 Å². The number of amides is 1. The van der Waals surface area contributed by atoms with Gasteiger partial charge < -0.3 is 9.52 Å². The zero-order valence-corrected chi connectivity index (χ0v) is 10.6. The molecule has 6 heteroatoms. The van der Waals surface area contributed by atoms with Gasteiger partial charge in [-0.2, -0.15) is 4.98 Å². The predicted molar refractivity (Wildman–Crippen MR) is 69.6 cm³/mol. The van der Waals surface area contributed by atoms with Gasteiger partial charge in [-0.3, -0.25) is 10.1 Å². The number of anilines is 1. The number of aliphatic hydroxyl groups excluding tert-OH is 1. The van der Waals surface area contributed by atoms with Crippen molar-refractivity contribution >= 4 is 11.9 Å². The first-order valence-corrected chi connectivity index (χ1v) is 5.73. The Morgan fingerprint density at radius 2 is 2.35 bits per heavy atom. The number of aryl methyl sites for hydroxylation is 1. The molecule has 0 saturated heterocycles. The summed E-state index contributed by atoms with van der Waals surface area (Å²) in [4.78, 5) is 15.8. The highest BCUT2D eigenvalue weighted by molar-refractivity contribution is 6.03. The summed E-state index contributed by atoms with van der Waals surface area (Å²) in [5, 5.41) is 11.0. The maximum atomic E-state index is 13.6. The number of aromatic nitrogens is 1. The molecular formula is C14H11FN2O3. The van der Waals surface area contributed by atoms with E-state index in [1.165, 1.54) is 18.4 Å². The summed E-state index contributed by atoms with van der Waals surface area (Å²) in [6, 6.07) is 3.85. The second-order valence-electron chi connectivity index (χ2n) is 3.90. The van der Waals surface area contributed by atoms with Crippen LogP contribution in [0.15, 0.2) is 28.9 Å². The molecule has 0 radical (unpaired) electrons. The van der Waals surface area contributed by atoms with Gasteiger partial charge in [0.1, 0.15) is 18.7 Å². The van der Waals surface area contributed by atoms with Crippen molar-refractivity contribution in [2.45, 2.75) is 6.92 Å². The summed E-state index contributed by atoms with van der Waals surface area (Å²) in [7, 11) is 0. The van der Waals surface area contributed by atoms with Crippen LogP contribution in [-0.2, 0) is 0 Å². The number of aliphatic hydroxyl groups is 1. The highest BCUT2D eigenvalue weighted by Gasteiger charge is 2.14. The van der Waals surface area contributed by atoms with E-state index < -0.39 is 11.7 Å². The van der Waals surface area contributed by atoms with Crippen LogP contribution in [0.25, 0.3) is 0 Å². The number of hydrogen-bond donors (Lipinski definition) is 2. The third-order valence-corrected chi connectivity index (χ3v) is 2.36. The largest absolute Gasteiger partial charge is 0.432 e. The molecule has 0 atom stereocenters. The molecule has 0 fully saturated rings. The molecule has 0 aliphatic heterocycles. The van der Waals surface area contributed by atoms with Crippen LogP contribution in [0.3, 0.4) is 0 Å². The summed E-state index contributed by atoms with van der Waals surface area (Å²) in [6.07, 6.45) is 1.37. The molecule has 1 amide bonds. The molecule has 0 spiro atoms. The Labute approximate surface area is 114 Å². The molecule has 2 rings (SSSR count). The Kier molecular flexibility index (Phi) is 4.13. The van der Waals surface area contributed by atoms with Gasteiger partial charge in [0, 0.05) is 5.56 Å². The van der Waals surface area contributed by atoms with Crippen molar-refractivity contribution < 1.29 is 18.7 Å². The van der Waals surface area contributed by atoms with Gasteiger partial charge in [0.25, 0.3) is 5.91 Å². The second kappa shape index (κ2) is 5.99. The molecule has 0 unspecified atom stereocenters. The minimum absolute atomic E-state index is 0.00116. The van der Waals surface area contributed by atoms with Gasteiger partial charge in [0.05, 0.1) is 11.3 Å². The maximum absolute atomic E-state index is 13.6. The van der Waals surface area contributed by atoms with E-state index in [1.54, 1.807) is 6.92 Å². The summed E-state index contributed by atoms with van der Waals surface area (Å²) in [6.45, 7) is 1.39. The molecule has 0 aliphatic carbocycles. The Bertz CT molecular complexity index is 698. The second-order valence-corrected chi connectivity index (χ2v) is 3.90. The van der Waals surface area contributed by atoms with Crippen LogP contribution in [0.2, 0.25) is 0 Å². The van der Waals surface area contributed by atoms with Crippen LogP contribution in [0.1, 0.15) is 21.6 Å². The van der Waals surface area contributed by atoms with E-state index in [1.807, 2.05) is 0 Å². The highest BCUT2D eigenvalue weighted by Crippen LogP contribution is 2.13. The van der Waals surface area contributed by atoms with Crippen LogP contribution in [0.5, 0.6) is 0 Å². The van der Waals surface area contributed by atoms with Crippen molar-refractivity contribution in [2.75, 3.05) is 11.9 Å². The van der Waals surface area contributed by atoms with Crippen LogP contribution < -0.4 is 5.32 Å². The molecule has 1 aromatic carbocycles. The number of nitrogens with one attached hydrogen (secondary N) is 1. The monoisotopic (exact) mass is 274 g/mol. The van der Waals surface area contributed by atoms with Crippen LogP contribution in [0.4, 0.5) is 10.4 Å². The number of benzene rings is 1. The topological polar surface area (TPSA) is 75.4 Å². The molecule has 5 nitrogen and oxygen atoms in total. The van der Waals surface area contributed by atoms with E-state index in [-0.39, 0.29) is 18.2 Å². The fraction of sp³-hybridized carbons (Fsp3) is 0.143. The summed E-state index contributed by atoms with van der Waals surface area (Å²) in [5.41, 5.74) is 0.850. The first kappa shape index (κ1) is 13.8. The van der Waals surface area contributed by atoms with Gasteiger partial charge in [0.15, 0.2) is 0 Å². The lowest BCUT2D eigenvalue weighted by Gasteiger charge is -2.03. The van der Waals surface area contributed by atoms with E-state index in [0.29, 0.717) is 11.3 Å². The van der Waals surface area contributed by atoms with E-state index in [2.05, 4.69) is 22.1 Å². The van der Waals surface area contributed by atoms with Crippen molar-refractivity contribution in [3.05, 3.63) is 47.1 Å². The number of hydrogen-bond acceptors (Lipinski definition) is 4. The number of oxazole rings is 1. The Morgan fingerprint density at radius 1 is 1.55 bits per heavy atom. The molecule has 0 aliphatic rings. The van der Waals surface area contributed by atoms with Crippen LogP contribution in [0, 0.1) is 24.6 Å². The number of carbonyl (C=O) groups is 1. The molecule has 0 bridgehead atoms. The minimum Gasteiger partial charge on any atom is -0.432 e. The lowest BCUT2D eigenvalue weighted by molar-refractivity contribution is 0.102. The van der Waals surface area contributed by atoms with E-state index in [0.717, 1.165) is 6.07 Å². The lowest BCUT2D eigenvalue weighted by Crippen LogP contribution is -2.14. The average Bonchev–Trinajstić information content (AvgIpc) is 2.83. The quantitative estimate of drug-likeness (QED) is 0.818.